The van der Waals surface area contributed by atoms with Gasteiger partial charge in [-0.3, -0.25) is 4.79 Å². The van der Waals surface area contributed by atoms with Crippen molar-refractivity contribution in [2.75, 3.05) is 0 Å². The predicted octanol–water partition coefficient (Wildman–Crippen LogP) is 5.66. The molecule has 3 aromatic rings. The second-order valence-electron chi connectivity index (χ2n) is 7.41. The van der Waals surface area contributed by atoms with Crippen molar-refractivity contribution in [1.29, 1.82) is 0 Å². The average molecular weight is 511 g/mol. The van der Waals surface area contributed by atoms with Gasteiger partial charge in [-0.25, -0.2) is 4.79 Å². The summed E-state index contributed by atoms with van der Waals surface area (Å²) < 4.78 is 47.4. The zero-order chi connectivity index (χ0) is 24.7. The molecule has 1 fully saturated rings. The fraction of sp³-hybridized carbons (Fsp3) is 0.130. The highest BCUT2D eigenvalue weighted by Crippen LogP contribution is 2.41. The number of rotatable bonds is 4. The number of carbonyl (C=O) groups is 2. The third kappa shape index (κ3) is 4.29. The lowest BCUT2D eigenvalue weighted by atomic mass is 9.82. The molecule has 0 aliphatic carbocycles. The van der Waals surface area contributed by atoms with E-state index in [-0.39, 0.29) is 27.1 Å². The van der Waals surface area contributed by atoms with Crippen LogP contribution in [0.3, 0.4) is 0 Å². The van der Waals surface area contributed by atoms with Crippen molar-refractivity contribution < 1.29 is 32.3 Å². The number of hydrogen-bond acceptors (Lipinski definition) is 4. The van der Waals surface area contributed by atoms with E-state index in [1.807, 2.05) is 0 Å². The zero-order valence-electron chi connectivity index (χ0n) is 17.0. The van der Waals surface area contributed by atoms with Crippen molar-refractivity contribution in [3.05, 3.63) is 87.7 Å². The first kappa shape index (κ1) is 23.9. The SMILES string of the molecule is O=C1N/C(=C\c2ccc(-c3cccc(Cl)c3Cl)o2)[C@@H](C(=O)c2ccccc2)[C@](O)(C(F)(F)F)N1. The number of furan rings is 1. The number of amides is 2. The fourth-order valence-electron chi connectivity index (χ4n) is 3.58. The number of benzene rings is 2. The molecule has 2 amide bonds. The van der Waals surface area contributed by atoms with Gasteiger partial charge in [-0.15, -0.1) is 0 Å². The third-order valence-corrected chi connectivity index (χ3v) is 6.00. The Morgan fingerprint density at radius 2 is 1.76 bits per heavy atom. The summed E-state index contributed by atoms with van der Waals surface area (Å²) in [5.74, 6) is -3.06. The number of aliphatic hydroxyl groups is 1. The molecular formula is C23H15Cl2F3N2O4. The molecule has 6 nitrogen and oxygen atoms in total. The van der Waals surface area contributed by atoms with Crippen LogP contribution in [0, 0.1) is 5.92 Å². The van der Waals surface area contributed by atoms with E-state index in [0.29, 0.717) is 5.56 Å². The van der Waals surface area contributed by atoms with Crippen LogP contribution < -0.4 is 10.6 Å². The Kier molecular flexibility index (Phi) is 6.20. The lowest BCUT2D eigenvalue weighted by molar-refractivity contribution is -0.279. The first-order valence-corrected chi connectivity index (χ1v) is 10.5. The van der Waals surface area contributed by atoms with Crippen LogP contribution in [0.2, 0.25) is 10.0 Å². The number of halogens is 5. The monoisotopic (exact) mass is 510 g/mol. The molecule has 11 heteroatoms. The molecule has 1 aromatic heterocycles. The van der Waals surface area contributed by atoms with Gasteiger partial charge in [0.1, 0.15) is 17.4 Å². The fourth-order valence-corrected chi connectivity index (χ4v) is 3.97. The number of Topliss-reactive ketones (excluding diaryl/α,β-unsaturated/α-hetero) is 1. The number of ketones is 1. The summed E-state index contributed by atoms with van der Waals surface area (Å²) in [4.78, 5) is 25.2. The van der Waals surface area contributed by atoms with E-state index in [1.165, 1.54) is 41.7 Å². The molecular weight excluding hydrogens is 496 g/mol. The van der Waals surface area contributed by atoms with E-state index >= 15 is 0 Å². The maximum Gasteiger partial charge on any atom is 0.437 e. The highest BCUT2D eigenvalue weighted by molar-refractivity contribution is 6.43. The standard InChI is InChI=1S/C23H15Cl2F3N2O4/c24-15-8-4-7-14(19(15)25)17-10-9-13(34-17)11-16-18(20(31)12-5-2-1-3-6-12)22(33,23(26,27)28)30-21(32)29-16/h1-11,18,33H,(H2,29,30,32)/b16-11-/t18-,22-/m0/s1. The van der Waals surface area contributed by atoms with Gasteiger partial charge < -0.3 is 20.2 Å². The summed E-state index contributed by atoms with van der Waals surface area (Å²) in [6.45, 7) is 0. The molecule has 34 heavy (non-hydrogen) atoms. The van der Waals surface area contributed by atoms with E-state index in [2.05, 4.69) is 5.32 Å². The van der Waals surface area contributed by atoms with Gasteiger partial charge >= 0.3 is 12.2 Å². The minimum atomic E-state index is -5.37. The van der Waals surface area contributed by atoms with Gasteiger partial charge in [0, 0.05) is 22.9 Å². The van der Waals surface area contributed by atoms with Crippen LogP contribution in [0.5, 0.6) is 0 Å². The lowest BCUT2D eigenvalue weighted by Crippen LogP contribution is -2.71. The number of alkyl halides is 3. The number of hydrogen-bond donors (Lipinski definition) is 3. The van der Waals surface area contributed by atoms with Crippen molar-refractivity contribution >= 4 is 41.1 Å². The van der Waals surface area contributed by atoms with Crippen molar-refractivity contribution in [3.8, 4) is 11.3 Å². The smallest absolute Gasteiger partial charge is 0.437 e. The second-order valence-corrected chi connectivity index (χ2v) is 8.19. The van der Waals surface area contributed by atoms with Crippen LogP contribution in [0.4, 0.5) is 18.0 Å². The minimum Gasteiger partial charge on any atom is -0.457 e. The Morgan fingerprint density at radius 3 is 2.44 bits per heavy atom. The molecule has 0 spiro atoms. The molecule has 0 unspecified atom stereocenters. The zero-order valence-corrected chi connectivity index (χ0v) is 18.5. The Bertz CT molecular complexity index is 1290. The van der Waals surface area contributed by atoms with Gasteiger partial charge in [-0.05, 0) is 24.3 Å². The Hall–Kier alpha value is -3.27. The molecule has 1 aliphatic rings. The Balaban J connectivity index is 1.81. The lowest BCUT2D eigenvalue weighted by Gasteiger charge is -2.41. The van der Waals surface area contributed by atoms with E-state index in [1.54, 1.807) is 24.3 Å². The van der Waals surface area contributed by atoms with E-state index in [9.17, 15) is 27.9 Å². The molecule has 4 rings (SSSR count). The molecule has 3 N–H and O–H groups in total. The van der Waals surface area contributed by atoms with Gasteiger partial charge in [0.15, 0.2) is 5.78 Å². The normalized spacial score (nSPS) is 21.8. The van der Waals surface area contributed by atoms with Gasteiger partial charge in [-0.2, -0.15) is 13.2 Å². The van der Waals surface area contributed by atoms with E-state index in [0.717, 1.165) is 6.08 Å². The molecule has 0 radical (unpaired) electrons. The summed E-state index contributed by atoms with van der Waals surface area (Å²) in [6, 6.07) is 13.5. The van der Waals surface area contributed by atoms with Crippen molar-refractivity contribution in [2.24, 2.45) is 5.92 Å². The quantitative estimate of drug-likeness (QED) is 0.395. The van der Waals surface area contributed by atoms with Crippen LogP contribution in [0.1, 0.15) is 16.1 Å². The van der Waals surface area contributed by atoms with Gasteiger partial charge in [0.25, 0.3) is 5.72 Å². The maximum absolute atomic E-state index is 13.9. The topological polar surface area (TPSA) is 91.6 Å². The number of urea groups is 1. The van der Waals surface area contributed by atoms with Crippen LogP contribution in [-0.4, -0.2) is 28.8 Å². The van der Waals surface area contributed by atoms with Gasteiger partial charge in [0.05, 0.1) is 10.0 Å². The molecule has 176 valence electrons. The highest BCUT2D eigenvalue weighted by atomic mass is 35.5. The van der Waals surface area contributed by atoms with Crippen molar-refractivity contribution in [1.82, 2.24) is 10.6 Å². The van der Waals surface area contributed by atoms with Gasteiger partial charge in [0.2, 0.25) is 0 Å². The van der Waals surface area contributed by atoms with Crippen LogP contribution in [0.25, 0.3) is 17.4 Å². The molecule has 0 bridgehead atoms. The molecule has 1 saturated heterocycles. The highest BCUT2D eigenvalue weighted by Gasteiger charge is 2.65. The van der Waals surface area contributed by atoms with E-state index in [4.69, 9.17) is 27.6 Å². The van der Waals surface area contributed by atoms with Crippen molar-refractivity contribution in [3.63, 3.8) is 0 Å². The molecule has 1 aliphatic heterocycles. The molecule has 0 saturated carbocycles. The number of carbonyl (C=O) groups excluding carboxylic acids is 2. The maximum atomic E-state index is 13.9. The first-order valence-electron chi connectivity index (χ1n) is 9.74. The molecule has 2 atom stereocenters. The summed E-state index contributed by atoms with van der Waals surface area (Å²) in [7, 11) is 0. The first-order chi connectivity index (χ1) is 16.0. The van der Waals surface area contributed by atoms with Crippen molar-refractivity contribution in [2.45, 2.75) is 11.9 Å². The Morgan fingerprint density at radius 1 is 1.06 bits per heavy atom. The minimum absolute atomic E-state index is 0.00127. The summed E-state index contributed by atoms with van der Waals surface area (Å²) in [5, 5.41) is 14.7. The van der Waals surface area contributed by atoms with Gasteiger partial charge in [-0.1, -0.05) is 59.6 Å². The largest absolute Gasteiger partial charge is 0.457 e. The summed E-state index contributed by atoms with van der Waals surface area (Å²) in [5.41, 5.74) is -4.03. The summed E-state index contributed by atoms with van der Waals surface area (Å²) >= 11 is 12.2. The summed E-state index contributed by atoms with van der Waals surface area (Å²) in [6.07, 6.45) is -4.33. The Labute approximate surface area is 201 Å². The van der Waals surface area contributed by atoms with E-state index < -0.39 is 35.3 Å². The number of nitrogens with one attached hydrogen (secondary N) is 2. The van der Waals surface area contributed by atoms with Crippen LogP contribution in [0.15, 0.2) is 70.8 Å². The van der Waals surface area contributed by atoms with Crippen LogP contribution >= 0.6 is 23.2 Å². The second kappa shape index (κ2) is 8.83. The van der Waals surface area contributed by atoms with Crippen LogP contribution in [-0.2, 0) is 0 Å². The third-order valence-electron chi connectivity index (χ3n) is 5.19. The molecule has 2 heterocycles. The molecule has 2 aromatic carbocycles. The average Bonchev–Trinajstić information content (AvgIpc) is 3.23. The predicted molar refractivity (Wildman–Crippen MR) is 119 cm³/mol.